The first kappa shape index (κ1) is 13.2. The van der Waals surface area contributed by atoms with Crippen LogP contribution in [0.4, 0.5) is 10.2 Å². The Kier molecular flexibility index (Phi) is 2.85. The van der Waals surface area contributed by atoms with Gasteiger partial charge < -0.3 is 20.7 Å². The van der Waals surface area contributed by atoms with Gasteiger partial charge in [0.05, 0.1) is 12.9 Å². The van der Waals surface area contributed by atoms with Gasteiger partial charge in [-0.25, -0.2) is 19.3 Å². The van der Waals surface area contributed by atoms with Crippen molar-refractivity contribution in [3.05, 3.63) is 12.7 Å². The van der Waals surface area contributed by atoms with E-state index in [1.54, 1.807) is 0 Å². The van der Waals surface area contributed by atoms with Gasteiger partial charge in [0.25, 0.3) is 0 Å². The molecular weight excluding hydrogens is 269 g/mol. The molecule has 1 saturated heterocycles. The highest BCUT2D eigenvalue weighted by Gasteiger charge is 2.54. The third-order valence-corrected chi connectivity index (χ3v) is 3.51. The van der Waals surface area contributed by atoms with Crippen LogP contribution in [0.15, 0.2) is 12.7 Å². The summed E-state index contributed by atoms with van der Waals surface area (Å²) in [4.78, 5) is 11.9. The van der Waals surface area contributed by atoms with Crippen LogP contribution >= 0.6 is 0 Å². The third-order valence-electron chi connectivity index (χ3n) is 3.51. The molecule has 1 aliphatic heterocycles. The van der Waals surface area contributed by atoms with E-state index in [1.807, 2.05) is 0 Å². The van der Waals surface area contributed by atoms with Crippen molar-refractivity contribution in [3.63, 3.8) is 0 Å². The molecule has 9 heteroatoms. The number of anilines is 1. The van der Waals surface area contributed by atoms with Crippen molar-refractivity contribution in [2.45, 2.75) is 31.0 Å². The maximum Gasteiger partial charge on any atom is 0.168 e. The summed E-state index contributed by atoms with van der Waals surface area (Å²) in [6.45, 7) is 0.770. The summed E-state index contributed by atoms with van der Waals surface area (Å²) in [6, 6.07) is 0. The molecule has 0 spiro atoms. The molecular formula is C11H14FN5O3. The lowest BCUT2D eigenvalue weighted by molar-refractivity contribution is -0.0892. The molecule has 4 atom stereocenters. The third kappa shape index (κ3) is 1.67. The number of aromatic nitrogens is 4. The number of hydrogen-bond acceptors (Lipinski definition) is 7. The number of alkyl halides is 1. The van der Waals surface area contributed by atoms with Gasteiger partial charge in [-0.15, -0.1) is 0 Å². The lowest BCUT2D eigenvalue weighted by Gasteiger charge is -2.26. The number of nitrogens with two attached hydrogens (primary N) is 1. The van der Waals surface area contributed by atoms with E-state index in [2.05, 4.69) is 15.0 Å². The summed E-state index contributed by atoms with van der Waals surface area (Å²) in [5, 5.41) is 19.4. The number of rotatable bonds is 2. The summed E-state index contributed by atoms with van der Waals surface area (Å²) in [5.41, 5.74) is 4.52. The predicted molar refractivity (Wildman–Crippen MR) is 66.3 cm³/mol. The standard InChI is InChI=1S/C11H14FN5O3/c1-11(19)7(12)5(2-18)20-10(11)17-4-16-6-8(13)14-3-15-9(6)17/h3-5,7,10,18-19H,2H2,1H3,(H2,13,14,15). The highest BCUT2D eigenvalue weighted by atomic mass is 19.1. The Balaban J connectivity index is 2.10. The second-order valence-corrected chi connectivity index (χ2v) is 4.92. The minimum Gasteiger partial charge on any atom is -0.394 e. The van der Waals surface area contributed by atoms with Crippen LogP contribution in [0.25, 0.3) is 11.2 Å². The van der Waals surface area contributed by atoms with E-state index >= 15 is 0 Å². The molecule has 0 saturated carbocycles. The number of aliphatic hydroxyl groups excluding tert-OH is 1. The fourth-order valence-corrected chi connectivity index (χ4v) is 2.41. The van der Waals surface area contributed by atoms with Crippen molar-refractivity contribution in [2.24, 2.45) is 0 Å². The first-order valence-corrected chi connectivity index (χ1v) is 6.02. The molecule has 0 aliphatic carbocycles. The molecule has 4 N–H and O–H groups in total. The second kappa shape index (κ2) is 4.33. The Morgan fingerprint density at radius 2 is 2.25 bits per heavy atom. The monoisotopic (exact) mass is 283 g/mol. The van der Waals surface area contributed by atoms with Gasteiger partial charge in [0, 0.05) is 0 Å². The summed E-state index contributed by atoms with van der Waals surface area (Å²) in [7, 11) is 0. The summed E-state index contributed by atoms with van der Waals surface area (Å²) in [5.74, 6) is 0.182. The number of halogens is 1. The van der Waals surface area contributed by atoms with E-state index in [-0.39, 0.29) is 5.82 Å². The predicted octanol–water partition coefficient (Wildman–Crippen LogP) is -0.613. The van der Waals surface area contributed by atoms with Crippen molar-refractivity contribution in [3.8, 4) is 0 Å². The van der Waals surface area contributed by atoms with Crippen LogP contribution in [-0.4, -0.2) is 54.2 Å². The van der Waals surface area contributed by atoms with Crippen LogP contribution in [0.3, 0.4) is 0 Å². The van der Waals surface area contributed by atoms with Crippen molar-refractivity contribution in [1.29, 1.82) is 0 Å². The van der Waals surface area contributed by atoms with Crippen LogP contribution in [-0.2, 0) is 4.74 Å². The molecule has 1 aliphatic rings. The minimum absolute atomic E-state index is 0.182. The normalized spacial score (nSPS) is 33.9. The van der Waals surface area contributed by atoms with E-state index in [1.165, 1.54) is 24.1 Å². The maximum atomic E-state index is 14.1. The van der Waals surface area contributed by atoms with Crippen molar-refractivity contribution in [2.75, 3.05) is 12.3 Å². The van der Waals surface area contributed by atoms with Gasteiger partial charge in [-0.1, -0.05) is 0 Å². The van der Waals surface area contributed by atoms with E-state index in [0.29, 0.717) is 11.2 Å². The Morgan fingerprint density at radius 3 is 2.90 bits per heavy atom. The van der Waals surface area contributed by atoms with Gasteiger partial charge in [0.2, 0.25) is 0 Å². The van der Waals surface area contributed by atoms with E-state index in [0.717, 1.165) is 0 Å². The molecule has 20 heavy (non-hydrogen) atoms. The average Bonchev–Trinajstić information content (AvgIpc) is 2.92. The number of ether oxygens (including phenoxy) is 1. The van der Waals surface area contributed by atoms with Gasteiger partial charge in [0.1, 0.15) is 23.5 Å². The summed E-state index contributed by atoms with van der Waals surface area (Å²) >= 11 is 0. The Morgan fingerprint density at radius 1 is 1.50 bits per heavy atom. The Bertz CT molecular complexity index is 646. The molecule has 0 bridgehead atoms. The van der Waals surface area contributed by atoms with Gasteiger partial charge in [0.15, 0.2) is 23.9 Å². The molecule has 0 amide bonds. The van der Waals surface area contributed by atoms with Gasteiger partial charge >= 0.3 is 0 Å². The molecule has 3 rings (SSSR count). The molecule has 3 heterocycles. The van der Waals surface area contributed by atoms with Gasteiger partial charge in [-0.2, -0.15) is 0 Å². The maximum absolute atomic E-state index is 14.1. The quantitative estimate of drug-likeness (QED) is 0.672. The molecule has 8 nitrogen and oxygen atoms in total. The number of nitrogens with zero attached hydrogens (tertiary/aromatic N) is 4. The fraction of sp³-hybridized carbons (Fsp3) is 0.545. The topological polar surface area (TPSA) is 119 Å². The first-order valence-electron chi connectivity index (χ1n) is 6.02. The van der Waals surface area contributed by atoms with Gasteiger partial charge in [-0.3, -0.25) is 4.57 Å². The lowest BCUT2D eigenvalue weighted by atomic mass is 9.98. The lowest BCUT2D eigenvalue weighted by Crippen LogP contribution is -2.41. The fourth-order valence-electron chi connectivity index (χ4n) is 2.41. The summed E-state index contributed by atoms with van der Waals surface area (Å²) < 4.78 is 20.8. The van der Waals surface area contributed by atoms with E-state index < -0.39 is 30.7 Å². The Labute approximate surface area is 113 Å². The Hall–Kier alpha value is -1.84. The van der Waals surface area contributed by atoms with Crippen LogP contribution < -0.4 is 5.73 Å². The van der Waals surface area contributed by atoms with Crippen molar-refractivity contribution in [1.82, 2.24) is 19.5 Å². The summed E-state index contributed by atoms with van der Waals surface area (Å²) in [6.07, 6.45) is -1.30. The van der Waals surface area contributed by atoms with E-state index in [4.69, 9.17) is 15.6 Å². The molecule has 0 aromatic carbocycles. The zero-order valence-corrected chi connectivity index (χ0v) is 10.6. The molecule has 2 aromatic rings. The number of fused-ring (bicyclic) bond motifs is 1. The number of hydrogen-bond donors (Lipinski definition) is 3. The number of aliphatic hydroxyl groups is 2. The highest BCUT2D eigenvalue weighted by molar-refractivity contribution is 5.81. The van der Waals surface area contributed by atoms with Crippen molar-refractivity contribution >= 4 is 17.0 Å². The van der Waals surface area contributed by atoms with Crippen LogP contribution in [0.5, 0.6) is 0 Å². The zero-order valence-electron chi connectivity index (χ0n) is 10.6. The molecule has 108 valence electrons. The second-order valence-electron chi connectivity index (χ2n) is 4.92. The van der Waals surface area contributed by atoms with Crippen LogP contribution in [0.2, 0.25) is 0 Å². The van der Waals surface area contributed by atoms with Gasteiger partial charge in [-0.05, 0) is 6.92 Å². The minimum atomic E-state index is -1.82. The van der Waals surface area contributed by atoms with Crippen molar-refractivity contribution < 1.29 is 19.3 Å². The molecule has 0 radical (unpaired) electrons. The highest BCUT2D eigenvalue weighted by Crippen LogP contribution is 2.41. The number of imidazole rings is 1. The van der Waals surface area contributed by atoms with E-state index in [9.17, 15) is 9.50 Å². The van der Waals surface area contributed by atoms with Crippen LogP contribution in [0.1, 0.15) is 13.2 Å². The zero-order chi connectivity index (χ0) is 14.5. The smallest absolute Gasteiger partial charge is 0.168 e. The van der Waals surface area contributed by atoms with Crippen LogP contribution in [0, 0.1) is 0 Å². The molecule has 2 aromatic heterocycles. The largest absolute Gasteiger partial charge is 0.394 e. The molecule has 1 fully saturated rings. The first-order chi connectivity index (χ1) is 9.46. The molecule has 4 unspecified atom stereocenters. The number of nitrogen functional groups attached to an aromatic ring is 1. The SMILES string of the molecule is CC1(O)C(F)C(CO)OC1n1cnc2c(N)ncnc21. The average molecular weight is 283 g/mol.